The van der Waals surface area contributed by atoms with E-state index in [1.807, 2.05) is 0 Å². The summed E-state index contributed by atoms with van der Waals surface area (Å²) in [5.41, 5.74) is 3.37. The number of carbonyl (C=O) groups is 1. The van der Waals surface area contributed by atoms with Crippen molar-refractivity contribution in [3.8, 4) is 0 Å². The van der Waals surface area contributed by atoms with Gasteiger partial charge in [-0.15, -0.1) is 0 Å². The second kappa shape index (κ2) is 6.21. The SMILES string of the molecule is CC(C)(C)c1ccc(CC(C=O)c2ccc(F)cc2)cc1. The largest absolute Gasteiger partial charge is 0.303 e. The van der Waals surface area contributed by atoms with Crippen LogP contribution >= 0.6 is 0 Å². The van der Waals surface area contributed by atoms with E-state index in [0.717, 1.165) is 17.4 Å². The summed E-state index contributed by atoms with van der Waals surface area (Å²) < 4.78 is 12.9. The van der Waals surface area contributed by atoms with Gasteiger partial charge in [0.1, 0.15) is 12.1 Å². The van der Waals surface area contributed by atoms with E-state index in [1.54, 1.807) is 12.1 Å². The van der Waals surface area contributed by atoms with E-state index in [-0.39, 0.29) is 17.2 Å². The molecule has 2 aromatic rings. The van der Waals surface area contributed by atoms with Crippen molar-refractivity contribution in [1.29, 1.82) is 0 Å². The molecule has 110 valence electrons. The summed E-state index contributed by atoms with van der Waals surface area (Å²) in [7, 11) is 0. The average molecular weight is 284 g/mol. The van der Waals surface area contributed by atoms with Gasteiger partial charge in [0.15, 0.2) is 0 Å². The van der Waals surface area contributed by atoms with Gasteiger partial charge in [-0.25, -0.2) is 4.39 Å². The lowest BCUT2D eigenvalue weighted by molar-refractivity contribution is -0.109. The lowest BCUT2D eigenvalue weighted by Crippen LogP contribution is -2.11. The molecule has 0 radical (unpaired) electrons. The molecule has 0 spiro atoms. The molecule has 2 heteroatoms. The lowest BCUT2D eigenvalue weighted by atomic mass is 9.85. The molecule has 2 aromatic carbocycles. The fourth-order valence-corrected chi connectivity index (χ4v) is 2.35. The highest BCUT2D eigenvalue weighted by molar-refractivity contribution is 5.62. The number of halogens is 1. The van der Waals surface area contributed by atoms with Crippen molar-refractivity contribution in [2.45, 2.75) is 38.5 Å². The van der Waals surface area contributed by atoms with Crippen molar-refractivity contribution in [3.63, 3.8) is 0 Å². The molecule has 21 heavy (non-hydrogen) atoms. The molecule has 0 saturated heterocycles. The van der Waals surface area contributed by atoms with Crippen molar-refractivity contribution in [3.05, 3.63) is 71.0 Å². The smallest absolute Gasteiger partial charge is 0.127 e. The maximum absolute atomic E-state index is 12.9. The van der Waals surface area contributed by atoms with Crippen LogP contribution < -0.4 is 0 Å². The maximum atomic E-state index is 12.9. The Morgan fingerprint density at radius 2 is 1.57 bits per heavy atom. The second-order valence-electron chi connectivity index (χ2n) is 6.45. The number of benzene rings is 2. The highest BCUT2D eigenvalue weighted by Gasteiger charge is 2.15. The first-order chi connectivity index (χ1) is 9.90. The Morgan fingerprint density at radius 3 is 2.05 bits per heavy atom. The molecule has 0 fully saturated rings. The summed E-state index contributed by atoms with van der Waals surface area (Å²) >= 11 is 0. The third-order valence-electron chi connectivity index (χ3n) is 3.74. The summed E-state index contributed by atoms with van der Waals surface area (Å²) in [5, 5.41) is 0. The van der Waals surface area contributed by atoms with Gasteiger partial charge in [0.05, 0.1) is 0 Å². The maximum Gasteiger partial charge on any atom is 0.127 e. The first-order valence-electron chi connectivity index (χ1n) is 7.20. The molecule has 0 N–H and O–H groups in total. The molecule has 0 aromatic heterocycles. The molecule has 0 amide bonds. The molecular weight excluding hydrogens is 263 g/mol. The normalized spacial score (nSPS) is 13.0. The molecule has 0 bridgehead atoms. The van der Waals surface area contributed by atoms with Crippen LogP contribution in [0.3, 0.4) is 0 Å². The number of rotatable bonds is 4. The summed E-state index contributed by atoms with van der Waals surface area (Å²) in [6.45, 7) is 6.53. The van der Waals surface area contributed by atoms with E-state index in [9.17, 15) is 9.18 Å². The predicted octanol–water partition coefficient (Wildman–Crippen LogP) is 4.65. The van der Waals surface area contributed by atoms with Crippen LogP contribution in [0, 0.1) is 5.82 Å². The minimum atomic E-state index is -0.280. The van der Waals surface area contributed by atoms with E-state index in [1.165, 1.54) is 17.7 Å². The molecule has 0 saturated carbocycles. The van der Waals surface area contributed by atoms with Gasteiger partial charge in [-0.05, 0) is 40.7 Å². The average Bonchev–Trinajstić information content (AvgIpc) is 2.45. The number of aldehydes is 1. The van der Waals surface area contributed by atoms with Gasteiger partial charge in [0.25, 0.3) is 0 Å². The van der Waals surface area contributed by atoms with Crippen molar-refractivity contribution >= 4 is 6.29 Å². The van der Waals surface area contributed by atoms with Gasteiger partial charge in [0.2, 0.25) is 0 Å². The van der Waals surface area contributed by atoms with Crippen LogP contribution in [0.1, 0.15) is 43.4 Å². The quantitative estimate of drug-likeness (QED) is 0.747. The topological polar surface area (TPSA) is 17.1 Å². The predicted molar refractivity (Wildman–Crippen MR) is 84.1 cm³/mol. The van der Waals surface area contributed by atoms with Crippen LogP contribution in [0.5, 0.6) is 0 Å². The highest BCUT2D eigenvalue weighted by Crippen LogP contribution is 2.24. The van der Waals surface area contributed by atoms with Crippen LogP contribution in [0.4, 0.5) is 4.39 Å². The van der Waals surface area contributed by atoms with Crippen LogP contribution in [0.25, 0.3) is 0 Å². The van der Waals surface area contributed by atoms with E-state index in [4.69, 9.17) is 0 Å². The minimum Gasteiger partial charge on any atom is -0.303 e. The Labute approximate surface area is 125 Å². The molecular formula is C19H21FO. The Hall–Kier alpha value is -1.96. The van der Waals surface area contributed by atoms with Crippen molar-refractivity contribution in [1.82, 2.24) is 0 Å². The van der Waals surface area contributed by atoms with Gasteiger partial charge in [-0.3, -0.25) is 0 Å². The Morgan fingerprint density at radius 1 is 1.00 bits per heavy atom. The highest BCUT2D eigenvalue weighted by atomic mass is 19.1. The van der Waals surface area contributed by atoms with E-state index in [0.29, 0.717) is 6.42 Å². The third kappa shape index (κ3) is 4.01. The van der Waals surface area contributed by atoms with Gasteiger partial charge >= 0.3 is 0 Å². The molecule has 1 atom stereocenters. The zero-order valence-electron chi connectivity index (χ0n) is 12.8. The van der Waals surface area contributed by atoms with Gasteiger partial charge in [-0.1, -0.05) is 57.2 Å². The molecule has 0 aliphatic heterocycles. The fourth-order valence-electron chi connectivity index (χ4n) is 2.35. The Kier molecular flexibility index (Phi) is 4.56. The number of hydrogen-bond acceptors (Lipinski definition) is 1. The van der Waals surface area contributed by atoms with E-state index >= 15 is 0 Å². The van der Waals surface area contributed by atoms with E-state index < -0.39 is 0 Å². The zero-order chi connectivity index (χ0) is 15.5. The van der Waals surface area contributed by atoms with Gasteiger partial charge in [0, 0.05) is 5.92 Å². The monoisotopic (exact) mass is 284 g/mol. The van der Waals surface area contributed by atoms with Crippen LogP contribution in [-0.4, -0.2) is 6.29 Å². The molecule has 0 aliphatic carbocycles. The van der Waals surface area contributed by atoms with Crippen molar-refractivity contribution < 1.29 is 9.18 Å². The summed E-state index contributed by atoms with van der Waals surface area (Å²) in [6, 6.07) is 14.5. The van der Waals surface area contributed by atoms with Crippen molar-refractivity contribution in [2.24, 2.45) is 0 Å². The Balaban J connectivity index is 2.15. The molecule has 0 heterocycles. The van der Waals surface area contributed by atoms with Crippen molar-refractivity contribution in [2.75, 3.05) is 0 Å². The minimum absolute atomic E-state index is 0.125. The first-order valence-corrected chi connectivity index (χ1v) is 7.20. The van der Waals surface area contributed by atoms with Crippen LogP contribution in [-0.2, 0) is 16.6 Å². The second-order valence-corrected chi connectivity index (χ2v) is 6.45. The van der Waals surface area contributed by atoms with Crippen LogP contribution in [0.2, 0.25) is 0 Å². The van der Waals surface area contributed by atoms with E-state index in [2.05, 4.69) is 45.0 Å². The van der Waals surface area contributed by atoms with Gasteiger partial charge in [-0.2, -0.15) is 0 Å². The summed E-state index contributed by atoms with van der Waals surface area (Å²) in [5.74, 6) is -0.510. The van der Waals surface area contributed by atoms with Gasteiger partial charge < -0.3 is 4.79 Å². The molecule has 2 rings (SSSR count). The molecule has 1 nitrogen and oxygen atoms in total. The van der Waals surface area contributed by atoms with Crippen LogP contribution in [0.15, 0.2) is 48.5 Å². The number of carbonyl (C=O) groups excluding carboxylic acids is 1. The zero-order valence-corrected chi connectivity index (χ0v) is 12.8. The third-order valence-corrected chi connectivity index (χ3v) is 3.74. The molecule has 0 aliphatic rings. The summed E-state index contributed by atoms with van der Waals surface area (Å²) in [6.07, 6.45) is 1.57. The first kappa shape index (κ1) is 15.4. The summed E-state index contributed by atoms with van der Waals surface area (Å²) in [4.78, 5) is 11.3. The molecule has 1 unspecified atom stereocenters. The Bertz CT molecular complexity index is 591. The standard InChI is InChI=1S/C19H21FO/c1-19(2,3)17-8-4-14(5-9-17)12-16(13-21)15-6-10-18(20)11-7-15/h4-11,13,16H,12H2,1-3H3. The fraction of sp³-hybridized carbons (Fsp3) is 0.316. The lowest BCUT2D eigenvalue weighted by Gasteiger charge is -2.19. The number of hydrogen-bond donors (Lipinski definition) is 0.